The van der Waals surface area contributed by atoms with Crippen LogP contribution in [0.5, 0.6) is 5.75 Å². The predicted octanol–water partition coefficient (Wildman–Crippen LogP) is -0.208. The molecule has 0 aliphatic carbocycles. The summed E-state index contributed by atoms with van der Waals surface area (Å²) in [5, 5.41) is 42.8. The molecule has 2 aromatic heterocycles. The van der Waals surface area contributed by atoms with Crippen LogP contribution in [0.25, 0.3) is 16.6 Å². The van der Waals surface area contributed by atoms with Crippen LogP contribution in [0.2, 0.25) is 0 Å². The first-order valence-corrected chi connectivity index (χ1v) is 13.6. The predicted molar refractivity (Wildman–Crippen MR) is 139 cm³/mol. The molecule has 0 saturated carbocycles. The minimum Gasteiger partial charge on any atom is -0.497 e. The molecule has 1 aliphatic heterocycles. The Morgan fingerprint density at radius 3 is 2.52 bits per heavy atom. The minimum atomic E-state index is -4.09. The Balaban J connectivity index is 1.57. The number of aliphatic hydroxyl groups is 4. The number of nitrogens with zero attached hydrogens (tertiary/aromatic N) is 3. The van der Waals surface area contributed by atoms with E-state index >= 15 is 0 Å². The molecule has 13 nitrogen and oxygen atoms in total. The van der Waals surface area contributed by atoms with Crippen LogP contribution < -0.4 is 10.1 Å². The summed E-state index contributed by atoms with van der Waals surface area (Å²) in [6.07, 6.45) is -0.434. The summed E-state index contributed by atoms with van der Waals surface area (Å²) >= 11 is 0. The number of aliphatic hydroxyl groups excluding tert-OH is 4. The third-order valence-electron chi connectivity index (χ3n) is 6.69. The normalized spacial score (nSPS) is 23.2. The zero-order valence-electron chi connectivity index (χ0n) is 21.0. The first kappa shape index (κ1) is 27.6. The third-order valence-corrected chi connectivity index (χ3v) is 8.46. The van der Waals surface area contributed by atoms with Crippen LogP contribution in [-0.2, 0) is 14.6 Å². The van der Waals surface area contributed by atoms with Gasteiger partial charge in [-0.2, -0.15) is 0 Å². The lowest BCUT2D eigenvalue weighted by Gasteiger charge is -2.40. The summed E-state index contributed by atoms with van der Waals surface area (Å²) in [5.74, 6) is -0.262. The highest BCUT2D eigenvalue weighted by Gasteiger charge is 2.44. The van der Waals surface area contributed by atoms with Crippen molar-refractivity contribution < 1.29 is 43.1 Å². The molecule has 1 aliphatic rings. The monoisotopic (exact) mass is 570 g/mol. The van der Waals surface area contributed by atoms with E-state index in [1.54, 1.807) is 6.20 Å². The van der Waals surface area contributed by atoms with Crippen LogP contribution in [0.4, 0.5) is 0 Å². The van der Waals surface area contributed by atoms with Gasteiger partial charge >= 0.3 is 0 Å². The van der Waals surface area contributed by atoms with Gasteiger partial charge in [0.1, 0.15) is 35.0 Å². The summed E-state index contributed by atoms with van der Waals surface area (Å²) in [7, 11) is -2.62. The molecular weight excluding hydrogens is 544 g/mol. The molecule has 3 heterocycles. The van der Waals surface area contributed by atoms with Crippen LogP contribution in [0.1, 0.15) is 10.4 Å². The van der Waals surface area contributed by atoms with Gasteiger partial charge in [-0.15, -0.1) is 0 Å². The molecule has 1 amide bonds. The number of carbonyl (C=O) groups excluding carboxylic acids is 1. The first-order valence-electron chi connectivity index (χ1n) is 12.1. The Bertz CT molecular complexity index is 1630. The van der Waals surface area contributed by atoms with Gasteiger partial charge in [0.05, 0.1) is 36.1 Å². The molecule has 0 radical (unpaired) electrons. The molecule has 2 aromatic carbocycles. The smallest absolute Gasteiger partial charge is 0.251 e. The van der Waals surface area contributed by atoms with E-state index in [1.165, 1.54) is 72.9 Å². The fourth-order valence-corrected chi connectivity index (χ4v) is 5.94. The number of rotatable bonds is 7. The number of carbonyl (C=O) groups is 1. The summed E-state index contributed by atoms with van der Waals surface area (Å²) in [6.45, 7) is -0.646. The Morgan fingerprint density at radius 2 is 1.88 bits per heavy atom. The lowest BCUT2D eigenvalue weighted by Crippen LogP contribution is -2.64. The van der Waals surface area contributed by atoms with Gasteiger partial charge in [-0.05, 0) is 42.5 Å². The molecule has 5 atom stereocenters. The number of hydrogen-bond donors (Lipinski definition) is 5. The van der Waals surface area contributed by atoms with Crippen LogP contribution >= 0.6 is 0 Å². The van der Waals surface area contributed by atoms with Crippen molar-refractivity contribution in [3.05, 3.63) is 72.9 Å². The number of pyridine rings is 1. The van der Waals surface area contributed by atoms with Crippen molar-refractivity contribution in [2.45, 2.75) is 40.4 Å². The topological polar surface area (TPSA) is 193 Å². The van der Waals surface area contributed by atoms with Crippen molar-refractivity contribution >= 4 is 26.6 Å². The molecule has 5 rings (SSSR count). The van der Waals surface area contributed by atoms with E-state index in [2.05, 4.69) is 15.3 Å². The highest BCUT2D eigenvalue weighted by molar-refractivity contribution is 7.91. The fraction of sp³-hybridized carbons (Fsp3) is 0.269. The standard InChI is InChI=1S/C26H26N4O9S/c1-38-15-3-5-16(6-4-15)40(36,37)20-11-28-18-7-2-14(10-17(18)22(20)30-9-8-27-13-30)25(34)29-21-24(33)23(32)19(12-31)39-26(21)35/h2-11,13,19,21,23-24,26,31-33,35H,12H2,1H3,(H,29,34). The first-order chi connectivity index (χ1) is 19.1. The number of imidazole rings is 1. The van der Waals surface area contributed by atoms with Crippen molar-refractivity contribution in [2.75, 3.05) is 13.7 Å². The number of benzene rings is 2. The van der Waals surface area contributed by atoms with E-state index in [0.717, 1.165) is 0 Å². The van der Waals surface area contributed by atoms with Crippen LogP contribution in [0.15, 0.2) is 77.2 Å². The van der Waals surface area contributed by atoms with Crippen LogP contribution in [0.3, 0.4) is 0 Å². The van der Waals surface area contributed by atoms with Crippen molar-refractivity contribution in [1.29, 1.82) is 0 Å². The second-order valence-electron chi connectivity index (χ2n) is 9.08. The van der Waals surface area contributed by atoms with Gasteiger partial charge in [-0.3, -0.25) is 9.78 Å². The van der Waals surface area contributed by atoms with E-state index in [9.17, 15) is 33.6 Å². The highest BCUT2D eigenvalue weighted by atomic mass is 32.2. The molecule has 5 unspecified atom stereocenters. The maximum atomic E-state index is 13.7. The van der Waals surface area contributed by atoms with Gasteiger partial charge in [0, 0.05) is 29.5 Å². The van der Waals surface area contributed by atoms with Gasteiger partial charge in [0.2, 0.25) is 9.84 Å². The number of nitrogens with one attached hydrogen (secondary N) is 1. The number of aromatic nitrogens is 3. The van der Waals surface area contributed by atoms with Crippen LogP contribution in [0, 0.1) is 0 Å². The SMILES string of the molecule is COc1ccc(S(=O)(=O)c2cnc3ccc(C(=O)NC4C(O)OC(CO)C(O)C4O)cc3c2-n2ccnc2)cc1. The lowest BCUT2D eigenvalue weighted by molar-refractivity contribution is -0.252. The van der Waals surface area contributed by atoms with Crippen LogP contribution in [-0.4, -0.2) is 93.6 Å². The second-order valence-corrected chi connectivity index (χ2v) is 11.0. The Morgan fingerprint density at radius 1 is 1.12 bits per heavy atom. The van der Waals surface area contributed by atoms with Crippen molar-refractivity contribution in [3.63, 3.8) is 0 Å². The Kier molecular flexibility index (Phi) is 7.55. The summed E-state index contributed by atoms with van der Waals surface area (Å²) in [6, 6.07) is 8.86. The third kappa shape index (κ3) is 4.92. The van der Waals surface area contributed by atoms with E-state index in [-0.39, 0.29) is 21.0 Å². The molecule has 210 valence electrons. The number of sulfone groups is 1. The molecule has 4 aromatic rings. The lowest BCUT2D eigenvalue weighted by atomic mass is 9.96. The van der Waals surface area contributed by atoms with Crippen molar-refractivity contribution in [2.24, 2.45) is 0 Å². The van der Waals surface area contributed by atoms with E-state index in [0.29, 0.717) is 16.7 Å². The van der Waals surface area contributed by atoms with Crippen molar-refractivity contribution in [3.8, 4) is 11.4 Å². The fourth-order valence-electron chi connectivity index (χ4n) is 4.53. The zero-order valence-corrected chi connectivity index (χ0v) is 21.8. The van der Waals surface area contributed by atoms with Crippen molar-refractivity contribution in [1.82, 2.24) is 19.9 Å². The maximum absolute atomic E-state index is 13.7. The minimum absolute atomic E-state index is 0.00438. The number of fused-ring (bicyclic) bond motifs is 1. The number of methoxy groups -OCH3 is 1. The number of amides is 1. The molecule has 14 heteroatoms. The van der Waals surface area contributed by atoms with Gasteiger partial charge < -0.3 is 39.8 Å². The highest BCUT2D eigenvalue weighted by Crippen LogP contribution is 2.33. The molecule has 40 heavy (non-hydrogen) atoms. The molecule has 1 fully saturated rings. The average molecular weight is 571 g/mol. The van der Waals surface area contributed by atoms with Gasteiger partial charge in [0.25, 0.3) is 5.91 Å². The zero-order chi connectivity index (χ0) is 28.6. The largest absolute Gasteiger partial charge is 0.497 e. The van der Waals surface area contributed by atoms with Gasteiger partial charge in [0.15, 0.2) is 6.29 Å². The summed E-state index contributed by atoms with van der Waals surface area (Å²) in [5.41, 5.74) is 0.638. The Labute approximate surface area is 228 Å². The van der Waals surface area contributed by atoms with E-state index < -0.39 is 53.0 Å². The summed E-state index contributed by atoms with van der Waals surface area (Å²) in [4.78, 5) is 21.4. The number of ether oxygens (including phenoxy) is 2. The molecule has 0 spiro atoms. The average Bonchev–Trinajstić information content (AvgIpc) is 3.50. The van der Waals surface area contributed by atoms with Gasteiger partial charge in [-0.1, -0.05) is 0 Å². The molecular formula is C26H26N4O9S. The van der Waals surface area contributed by atoms with E-state index in [1.807, 2.05) is 0 Å². The maximum Gasteiger partial charge on any atom is 0.251 e. The molecule has 0 bridgehead atoms. The van der Waals surface area contributed by atoms with E-state index in [4.69, 9.17) is 9.47 Å². The quantitative estimate of drug-likeness (QED) is 0.197. The number of hydrogen-bond acceptors (Lipinski definition) is 11. The second kappa shape index (κ2) is 10.9. The molecule has 5 N–H and O–H groups in total. The van der Waals surface area contributed by atoms with Gasteiger partial charge in [-0.25, -0.2) is 13.4 Å². The summed E-state index contributed by atoms with van der Waals surface area (Å²) < 4.78 is 39.2. The molecule has 1 saturated heterocycles. The Hall–Kier alpha value is -3.92.